The molecule has 4 atom stereocenters. The number of thiol groups is 1. The third-order valence-corrected chi connectivity index (χ3v) is 5.91. The van der Waals surface area contributed by atoms with Crippen LogP contribution in [0.4, 0.5) is 0 Å². The minimum atomic E-state index is -1.23. The second-order valence-corrected chi connectivity index (χ2v) is 8.58. The molecule has 31 heavy (non-hydrogen) atoms. The predicted octanol–water partition coefficient (Wildman–Crippen LogP) is -1.69. The van der Waals surface area contributed by atoms with Crippen molar-refractivity contribution in [3.63, 3.8) is 0 Å². The zero-order chi connectivity index (χ0) is 23.6. The van der Waals surface area contributed by atoms with E-state index in [9.17, 15) is 24.0 Å². The molecular weight excluding hydrogens is 446 g/mol. The second-order valence-electron chi connectivity index (χ2n) is 7.23. The molecule has 4 amide bonds. The van der Waals surface area contributed by atoms with Gasteiger partial charge in [-0.25, -0.2) is 4.79 Å². The summed E-state index contributed by atoms with van der Waals surface area (Å²) < 4.78 is 0. The molecule has 1 saturated heterocycles. The Bertz CT molecular complexity index is 680. The molecular formula is C18H31N5O6S2. The summed E-state index contributed by atoms with van der Waals surface area (Å²) in [6, 6.07) is -3.89. The van der Waals surface area contributed by atoms with Gasteiger partial charge in [-0.2, -0.15) is 24.4 Å². The van der Waals surface area contributed by atoms with Crippen LogP contribution in [0.3, 0.4) is 0 Å². The second kappa shape index (κ2) is 13.4. The molecule has 0 aliphatic carbocycles. The van der Waals surface area contributed by atoms with Crippen molar-refractivity contribution >= 4 is 54.0 Å². The fourth-order valence-electron chi connectivity index (χ4n) is 3.17. The molecule has 7 N–H and O–H groups in total. The Morgan fingerprint density at radius 3 is 2.42 bits per heavy atom. The van der Waals surface area contributed by atoms with Crippen LogP contribution in [0.25, 0.3) is 0 Å². The van der Waals surface area contributed by atoms with Gasteiger partial charge in [0, 0.05) is 18.7 Å². The first-order valence-electron chi connectivity index (χ1n) is 9.90. The number of carboxylic acids is 1. The number of rotatable bonds is 13. The van der Waals surface area contributed by atoms with E-state index in [1.54, 1.807) is 0 Å². The summed E-state index contributed by atoms with van der Waals surface area (Å²) in [6.45, 7) is 0.337. The molecule has 11 nitrogen and oxygen atoms in total. The van der Waals surface area contributed by atoms with E-state index in [0.29, 0.717) is 25.1 Å². The van der Waals surface area contributed by atoms with E-state index in [4.69, 9.17) is 16.6 Å². The van der Waals surface area contributed by atoms with Crippen molar-refractivity contribution in [2.24, 2.45) is 11.5 Å². The maximum absolute atomic E-state index is 12.9. The van der Waals surface area contributed by atoms with E-state index >= 15 is 0 Å². The van der Waals surface area contributed by atoms with E-state index in [1.807, 2.05) is 6.26 Å². The summed E-state index contributed by atoms with van der Waals surface area (Å²) >= 11 is 5.39. The van der Waals surface area contributed by atoms with Gasteiger partial charge in [0.05, 0.1) is 6.04 Å². The molecule has 0 aromatic carbocycles. The highest BCUT2D eigenvalue weighted by atomic mass is 32.2. The van der Waals surface area contributed by atoms with Crippen molar-refractivity contribution in [2.45, 2.75) is 56.3 Å². The first-order valence-corrected chi connectivity index (χ1v) is 11.9. The van der Waals surface area contributed by atoms with Gasteiger partial charge in [-0.05, 0) is 37.7 Å². The van der Waals surface area contributed by atoms with Crippen LogP contribution in [-0.4, -0.2) is 88.1 Å². The topological polar surface area (TPSA) is 185 Å². The fourth-order valence-corrected chi connectivity index (χ4v) is 3.89. The van der Waals surface area contributed by atoms with Crippen molar-refractivity contribution < 1.29 is 29.1 Å². The van der Waals surface area contributed by atoms with E-state index < -0.39 is 53.8 Å². The minimum absolute atomic E-state index is 0.0373. The van der Waals surface area contributed by atoms with Gasteiger partial charge in [0.1, 0.15) is 18.1 Å². The molecule has 0 aromatic heterocycles. The lowest BCUT2D eigenvalue weighted by Crippen LogP contribution is -2.57. The SMILES string of the molecule is CSCCC(NC(=O)C1CCCN1C(=O)C(N)CCC(N)=O)C(=O)NC(CS)C(=O)O. The maximum atomic E-state index is 12.9. The van der Waals surface area contributed by atoms with Gasteiger partial charge >= 0.3 is 5.97 Å². The average molecular weight is 478 g/mol. The normalized spacial score (nSPS) is 18.7. The molecule has 0 saturated carbocycles. The lowest BCUT2D eigenvalue weighted by molar-refractivity contribution is -0.142. The number of carboxylic acid groups (broad SMARTS) is 1. The Morgan fingerprint density at radius 2 is 1.87 bits per heavy atom. The van der Waals surface area contributed by atoms with Crippen LogP contribution in [0.5, 0.6) is 0 Å². The standard InChI is InChI=1S/C18H31N5O6S2/c1-31-8-6-11(15(25)22-12(9-30)18(28)29)21-16(26)13-3-2-7-23(13)17(27)10(19)4-5-14(20)24/h10-13,30H,2-9,19H2,1H3,(H2,20,24)(H,21,26)(H,22,25)(H,28,29). The van der Waals surface area contributed by atoms with Crippen LogP contribution in [0.1, 0.15) is 32.1 Å². The van der Waals surface area contributed by atoms with Crippen molar-refractivity contribution in [3.8, 4) is 0 Å². The van der Waals surface area contributed by atoms with E-state index in [1.165, 1.54) is 16.7 Å². The summed E-state index contributed by atoms with van der Waals surface area (Å²) in [5.74, 6) is -2.92. The molecule has 1 fully saturated rings. The van der Waals surface area contributed by atoms with Crippen LogP contribution in [0.2, 0.25) is 0 Å². The van der Waals surface area contributed by atoms with Crippen molar-refractivity contribution in [2.75, 3.05) is 24.3 Å². The fraction of sp³-hybridized carbons (Fsp3) is 0.722. The Kier molecular flexibility index (Phi) is 11.7. The number of hydrogen-bond acceptors (Lipinski definition) is 8. The summed E-state index contributed by atoms with van der Waals surface area (Å²) in [5.41, 5.74) is 11.0. The first kappa shape index (κ1) is 27.0. The van der Waals surface area contributed by atoms with Crippen molar-refractivity contribution in [1.29, 1.82) is 0 Å². The number of amides is 4. The zero-order valence-corrected chi connectivity index (χ0v) is 19.1. The number of primary amides is 1. The Balaban J connectivity index is 2.83. The van der Waals surface area contributed by atoms with E-state index in [-0.39, 0.29) is 25.0 Å². The minimum Gasteiger partial charge on any atom is -0.480 e. The summed E-state index contributed by atoms with van der Waals surface area (Å²) in [5, 5.41) is 14.1. The maximum Gasteiger partial charge on any atom is 0.327 e. The first-order chi connectivity index (χ1) is 14.6. The zero-order valence-electron chi connectivity index (χ0n) is 17.4. The smallest absolute Gasteiger partial charge is 0.327 e. The number of nitrogens with two attached hydrogens (primary N) is 2. The van der Waals surface area contributed by atoms with Crippen LogP contribution < -0.4 is 22.1 Å². The Labute approximate surface area is 190 Å². The molecule has 13 heteroatoms. The van der Waals surface area contributed by atoms with Crippen molar-refractivity contribution in [1.82, 2.24) is 15.5 Å². The molecule has 0 aromatic rings. The van der Waals surface area contributed by atoms with Crippen LogP contribution in [-0.2, 0) is 24.0 Å². The average Bonchev–Trinajstić information content (AvgIpc) is 3.21. The van der Waals surface area contributed by atoms with Crippen molar-refractivity contribution in [3.05, 3.63) is 0 Å². The molecule has 1 aliphatic rings. The summed E-state index contributed by atoms with van der Waals surface area (Å²) in [6.07, 6.45) is 3.18. The van der Waals surface area contributed by atoms with E-state index in [2.05, 4.69) is 23.3 Å². The van der Waals surface area contributed by atoms with Crippen LogP contribution in [0.15, 0.2) is 0 Å². The third kappa shape index (κ3) is 8.57. The third-order valence-electron chi connectivity index (χ3n) is 4.90. The van der Waals surface area contributed by atoms with Gasteiger partial charge in [0.25, 0.3) is 0 Å². The number of nitrogens with one attached hydrogen (secondary N) is 2. The summed E-state index contributed by atoms with van der Waals surface area (Å²) in [7, 11) is 0. The number of likely N-dealkylation sites (tertiary alicyclic amines) is 1. The van der Waals surface area contributed by atoms with Gasteiger partial charge in [-0.1, -0.05) is 0 Å². The number of nitrogens with zero attached hydrogens (tertiary/aromatic N) is 1. The number of carbonyl (C=O) groups excluding carboxylic acids is 4. The van der Waals surface area contributed by atoms with Gasteiger partial charge < -0.3 is 32.1 Å². The Morgan fingerprint density at radius 1 is 1.19 bits per heavy atom. The Hall–Kier alpha value is -1.99. The quantitative estimate of drug-likeness (QED) is 0.170. The number of carbonyl (C=O) groups is 5. The van der Waals surface area contributed by atoms with Gasteiger partial charge in [0.2, 0.25) is 23.6 Å². The number of aliphatic carboxylic acids is 1. The molecule has 1 aliphatic heterocycles. The van der Waals surface area contributed by atoms with Gasteiger partial charge in [-0.15, -0.1) is 0 Å². The molecule has 0 bridgehead atoms. The lowest BCUT2D eigenvalue weighted by Gasteiger charge is -2.28. The monoisotopic (exact) mass is 477 g/mol. The molecule has 1 heterocycles. The van der Waals surface area contributed by atoms with Crippen LogP contribution in [0, 0.1) is 0 Å². The highest BCUT2D eigenvalue weighted by Gasteiger charge is 2.37. The van der Waals surface area contributed by atoms with E-state index in [0.717, 1.165) is 0 Å². The lowest BCUT2D eigenvalue weighted by atomic mass is 10.1. The molecule has 1 rings (SSSR count). The highest BCUT2D eigenvalue weighted by Crippen LogP contribution is 2.19. The largest absolute Gasteiger partial charge is 0.480 e. The van der Waals surface area contributed by atoms with Gasteiger partial charge in [-0.3, -0.25) is 19.2 Å². The van der Waals surface area contributed by atoms with Crippen LogP contribution >= 0.6 is 24.4 Å². The molecule has 0 radical (unpaired) electrons. The molecule has 0 spiro atoms. The number of hydrogen-bond donors (Lipinski definition) is 6. The molecule has 176 valence electrons. The number of thioether (sulfide) groups is 1. The molecule has 4 unspecified atom stereocenters. The highest BCUT2D eigenvalue weighted by molar-refractivity contribution is 7.98. The predicted molar refractivity (Wildman–Crippen MR) is 119 cm³/mol. The summed E-state index contributed by atoms with van der Waals surface area (Å²) in [4.78, 5) is 61.5. The van der Waals surface area contributed by atoms with Gasteiger partial charge in [0.15, 0.2) is 0 Å².